The first-order valence-electron chi connectivity index (χ1n) is 8.79. The van der Waals surface area contributed by atoms with E-state index in [1.807, 2.05) is 36.4 Å². The topological polar surface area (TPSA) is 91.5 Å². The maximum Gasteiger partial charge on any atom is 0.310 e. The van der Waals surface area contributed by atoms with Crippen LogP contribution in [0.25, 0.3) is 33.4 Å². The van der Waals surface area contributed by atoms with E-state index in [0.717, 1.165) is 27.3 Å². The van der Waals surface area contributed by atoms with E-state index in [2.05, 4.69) is 26.1 Å². The van der Waals surface area contributed by atoms with Crippen molar-refractivity contribution >= 4 is 43.6 Å². The number of rotatable bonds is 5. The third-order valence-corrected chi connectivity index (χ3v) is 4.91. The number of aromatic nitrogens is 2. The van der Waals surface area contributed by atoms with Crippen LogP contribution < -0.4 is 0 Å². The predicted octanol–water partition coefficient (Wildman–Crippen LogP) is 5.28. The molecule has 29 heavy (non-hydrogen) atoms. The number of benzene rings is 2. The highest BCUT2D eigenvalue weighted by atomic mass is 79.9. The molecule has 0 aliphatic heterocycles. The molecule has 8 heteroatoms. The Kier molecular flexibility index (Phi) is 4.40. The summed E-state index contributed by atoms with van der Waals surface area (Å²) in [6, 6.07) is 15.3. The van der Waals surface area contributed by atoms with Crippen LogP contribution in [0, 0.1) is 0 Å². The Hall–Kier alpha value is -3.39. The minimum atomic E-state index is -0.416. The van der Waals surface area contributed by atoms with Crippen LogP contribution in [-0.2, 0) is 22.6 Å². The van der Waals surface area contributed by atoms with Gasteiger partial charge in [-0.15, -0.1) is 10.2 Å². The largest absolute Gasteiger partial charge is 0.464 e. The van der Waals surface area contributed by atoms with Crippen molar-refractivity contribution in [1.82, 2.24) is 10.2 Å². The lowest BCUT2D eigenvalue weighted by atomic mass is 10.0. The van der Waals surface area contributed by atoms with Gasteiger partial charge in [0, 0.05) is 10.9 Å². The first-order chi connectivity index (χ1) is 14.2. The van der Waals surface area contributed by atoms with E-state index < -0.39 is 5.97 Å². The van der Waals surface area contributed by atoms with Crippen LogP contribution in [0.15, 0.2) is 72.7 Å². The Labute approximate surface area is 172 Å². The summed E-state index contributed by atoms with van der Waals surface area (Å²) in [6.07, 6.45) is 1.67. The number of ether oxygens (including phenoxy) is 1. The Balaban J connectivity index is 1.30. The SMILES string of the molecule is O=C(Cc1coc2ccc3ccccc3c12)OCc1nnc(-c2ccc(Br)o2)o1. The zero-order chi connectivity index (χ0) is 19.8. The Morgan fingerprint density at radius 1 is 1.03 bits per heavy atom. The van der Waals surface area contributed by atoms with Crippen molar-refractivity contribution in [2.45, 2.75) is 13.0 Å². The van der Waals surface area contributed by atoms with Gasteiger partial charge in [-0.3, -0.25) is 4.79 Å². The fourth-order valence-electron chi connectivity index (χ4n) is 3.19. The number of carbonyl (C=O) groups excluding carboxylic acids is 1. The number of furan rings is 2. The van der Waals surface area contributed by atoms with E-state index in [9.17, 15) is 4.79 Å². The average Bonchev–Trinajstić information content (AvgIpc) is 3.46. The molecule has 0 radical (unpaired) electrons. The van der Waals surface area contributed by atoms with Crippen LogP contribution >= 0.6 is 15.9 Å². The zero-order valence-electron chi connectivity index (χ0n) is 14.9. The lowest BCUT2D eigenvalue weighted by Crippen LogP contribution is -2.08. The van der Waals surface area contributed by atoms with Crippen molar-refractivity contribution in [1.29, 1.82) is 0 Å². The van der Waals surface area contributed by atoms with Crippen molar-refractivity contribution in [3.8, 4) is 11.7 Å². The molecule has 0 spiro atoms. The molecule has 0 N–H and O–H groups in total. The zero-order valence-corrected chi connectivity index (χ0v) is 16.5. The molecule has 3 heterocycles. The third-order valence-electron chi connectivity index (χ3n) is 4.48. The van der Waals surface area contributed by atoms with Crippen molar-refractivity contribution < 1.29 is 22.8 Å². The van der Waals surface area contributed by atoms with Gasteiger partial charge in [-0.1, -0.05) is 30.3 Å². The maximum absolute atomic E-state index is 12.4. The van der Waals surface area contributed by atoms with E-state index in [0.29, 0.717) is 10.4 Å². The summed E-state index contributed by atoms with van der Waals surface area (Å²) < 4.78 is 22.3. The average molecular weight is 453 g/mol. The summed E-state index contributed by atoms with van der Waals surface area (Å²) >= 11 is 3.21. The summed E-state index contributed by atoms with van der Waals surface area (Å²) in [7, 11) is 0. The molecular formula is C21H13BrN2O5. The molecule has 144 valence electrons. The van der Waals surface area contributed by atoms with Gasteiger partial charge in [0.15, 0.2) is 17.0 Å². The van der Waals surface area contributed by atoms with Crippen LogP contribution in [0.5, 0.6) is 0 Å². The maximum atomic E-state index is 12.4. The molecule has 0 aliphatic carbocycles. The molecule has 0 saturated heterocycles. The number of fused-ring (bicyclic) bond motifs is 3. The molecule has 0 fully saturated rings. The van der Waals surface area contributed by atoms with Gasteiger partial charge in [0.05, 0.1) is 12.7 Å². The second-order valence-corrected chi connectivity index (χ2v) is 7.14. The Bertz CT molecular complexity index is 1330. The van der Waals surface area contributed by atoms with Crippen molar-refractivity contribution in [3.63, 3.8) is 0 Å². The highest BCUT2D eigenvalue weighted by Crippen LogP contribution is 2.30. The highest BCUT2D eigenvalue weighted by molar-refractivity contribution is 9.10. The number of hydrogen-bond acceptors (Lipinski definition) is 7. The van der Waals surface area contributed by atoms with Gasteiger partial charge in [0.1, 0.15) is 5.58 Å². The standard InChI is InChI=1S/C21H13BrN2O5/c22-17-8-7-16(28-17)21-24-23-18(29-21)11-27-19(25)9-13-10-26-15-6-5-12-3-1-2-4-14(12)20(13)15/h1-8,10H,9,11H2. The van der Waals surface area contributed by atoms with Gasteiger partial charge < -0.3 is 18.0 Å². The first-order valence-corrected chi connectivity index (χ1v) is 9.58. The molecule has 3 aromatic heterocycles. The van der Waals surface area contributed by atoms with Crippen molar-refractivity contribution in [2.75, 3.05) is 0 Å². The lowest BCUT2D eigenvalue weighted by Gasteiger charge is -2.03. The molecule has 0 bridgehead atoms. The molecule has 0 unspecified atom stereocenters. The molecule has 2 aromatic carbocycles. The molecule has 0 atom stereocenters. The normalized spacial score (nSPS) is 11.3. The lowest BCUT2D eigenvalue weighted by molar-refractivity contribution is -0.144. The van der Waals surface area contributed by atoms with Crippen LogP contribution in [0.2, 0.25) is 0 Å². The number of hydrogen-bond donors (Lipinski definition) is 0. The minimum absolute atomic E-state index is 0.0765. The predicted molar refractivity (Wildman–Crippen MR) is 107 cm³/mol. The molecule has 5 rings (SSSR count). The summed E-state index contributed by atoms with van der Waals surface area (Å²) in [6.45, 7) is -0.121. The van der Waals surface area contributed by atoms with Gasteiger partial charge >= 0.3 is 5.97 Å². The molecule has 5 aromatic rings. The summed E-state index contributed by atoms with van der Waals surface area (Å²) in [4.78, 5) is 12.4. The fraction of sp³-hybridized carbons (Fsp3) is 0.0952. The second-order valence-electron chi connectivity index (χ2n) is 6.36. The smallest absolute Gasteiger partial charge is 0.310 e. The Morgan fingerprint density at radius 2 is 1.93 bits per heavy atom. The quantitative estimate of drug-likeness (QED) is 0.335. The van der Waals surface area contributed by atoms with Gasteiger partial charge in [0.2, 0.25) is 0 Å². The van der Waals surface area contributed by atoms with Gasteiger partial charge in [-0.2, -0.15) is 0 Å². The van der Waals surface area contributed by atoms with E-state index in [1.54, 1.807) is 18.4 Å². The van der Waals surface area contributed by atoms with Crippen LogP contribution in [0.1, 0.15) is 11.5 Å². The third kappa shape index (κ3) is 3.42. The number of esters is 1. The molecule has 0 amide bonds. The second kappa shape index (κ2) is 7.21. The van der Waals surface area contributed by atoms with Crippen LogP contribution in [-0.4, -0.2) is 16.2 Å². The molecule has 0 aliphatic rings. The number of nitrogens with zero attached hydrogens (tertiary/aromatic N) is 2. The molecule has 0 saturated carbocycles. The first kappa shape index (κ1) is 17.7. The van der Waals surface area contributed by atoms with E-state index in [-0.39, 0.29) is 24.8 Å². The minimum Gasteiger partial charge on any atom is -0.464 e. The number of halogens is 1. The van der Waals surface area contributed by atoms with E-state index in [1.165, 1.54) is 0 Å². The van der Waals surface area contributed by atoms with Gasteiger partial charge in [-0.25, -0.2) is 0 Å². The number of carbonyl (C=O) groups is 1. The van der Waals surface area contributed by atoms with Crippen LogP contribution in [0.4, 0.5) is 0 Å². The monoisotopic (exact) mass is 452 g/mol. The van der Waals surface area contributed by atoms with E-state index >= 15 is 0 Å². The summed E-state index contributed by atoms with van der Waals surface area (Å²) in [5.41, 5.74) is 1.51. The highest BCUT2D eigenvalue weighted by Gasteiger charge is 2.16. The van der Waals surface area contributed by atoms with Gasteiger partial charge in [0.25, 0.3) is 11.8 Å². The van der Waals surface area contributed by atoms with Gasteiger partial charge in [-0.05, 0) is 44.9 Å². The van der Waals surface area contributed by atoms with Crippen molar-refractivity contribution in [3.05, 3.63) is 70.9 Å². The van der Waals surface area contributed by atoms with Crippen molar-refractivity contribution in [2.24, 2.45) is 0 Å². The summed E-state index contributed by atoms with van der Waals surface area (Å²) in [5.74, 6) is 0.414. The molecule has 7 nitrogen and oxygen atoms in total. The van der Waals surface area contributed by atoms with Crippen LogP contribution in [0.3, 0.4) is 0 Å². The molecular weight excluding hydrogens is 440 g/mol. The fourth-order valence-corrected chi connectivity index (χ4v) is 3.50. The Morgan fingerprint density at radius 3 is 2.79 bits per heavy atom. The summed E-state index contributed by atoms with van der Waals surface area (Å²) in [5, 5.41) is 10.8. The van der Waals surface area contributed by atoms with E-state index in [4.69, 9.17) is 18.0 Å².